The Bertz CT molecular complexity index is 721. The number of carbonyl (C=O) groups is 1. The average Bonchev–Trinajstić information content (AvgIpc) is 2.83. The molecule has 1 unspecified atom stereocenters. The lowest BCUT2D eigenvalue weighted by molar-refractivity contribution is 0.0699. The summed E-state index contributed by atoms with van der Waals surface area (Å²) in [5, 5.41) is 7.77. The third-order valence-electron chi connectivity index (χ3n) is 4.40. The second-order valence-corrected chi connectivity index (χ2v) is 6.11. The van der Waals surface area contributed by atoms with Gasteiger partial charge in [0.2, 0.25) is 0 Å². The highest BCUT2D eigenvalue weighted by Gasteiger charge is 2.28. The highest BCUT2D eigenvalue weighted by molar-refractivity contribution is 6.01. The Morgan fingerprint density at radius 3 is 2.86 bits per heavy atom. The molecular weight excluding hydrogens is 278 g/mol. The van der Waals surface area contributed by atoms with E-state index in [1.165, 1.54) is 0 Å². The molecule has 3 rings (SSSR count). The molecule has 2 aromatic heterocycles. The number of likely N-dealkylation sites (tertiary alicyclic amines) is 1. The summed E-state index contributed by atoms with van der Waals surface area (Å²) >= 11 is 0. The number of aromatic nitrogens is 3. The van der Waals surface area contributed by atoms with Crippen LogP contribution in [0.3, 0.4) is 0 Å². The van der Waals surface area contributed by atoms with Gasteiger partial charge in [0.1, 0.15) is 5.56 Å². The number of amides is 1. The molecular formula is C16H23N5O. The molecule has 2 aromatic rings. The third kappa shape index (κ3) is 2.47. The van der Waals surface area contributed by atoms with Crippen LogP contribution in [-0.4, -0.2) is 51.6 Å². The standard InChI is InChI=1S/C16H23N5O/c1-10-8-11(2)21-15(18-10)14(12(3)19-21)16(22)20-7-5-6-13(9-20)17-4/h8,13,17H,5-7,9H2,1-4H3. The van der Waals surface area contributed by atoms with Gasteiger partial charge in [0.25, 0.3) is 5.91 Å². The van der Waals surface area contributed by atoms with Crippen molar-refractivity contribution in [3.8, 4) is 0 Å². The molecule has 1 aliphatic heterocycles. The lowest BCUT2D eigenvalue weighted by Crippen LogP contribution is -2.47. The number of nitrogens with zero attached hydrogens (tertiary/aromatic N) is 4. The number of hydrogen-bond acceptors (Lipinski definition) is 4. The first-order valence-corrected chi connectivity index (χ1v) is 7.81. The van der Waals surface area contributed by atoms with Crippen molar-refractivity contribution >= 4 is 11.6 Å². The van der Waals surface area contributed by atoms with Gasteiger partial charge in [-0.15, -0.1) is 0 Å². The van der Waals surface area contributed by atoms with E-state index in [1.807, 2.05) is 38.8 Å². The number of nitrogens with one attached hydrogen (secondary N) is 1. The lowest BCUT2D eigenvalue weighted by Gasteiger charge is -2.32. The second-order valence-electron chi connectivity index (χ2n) is 6.11. The first kappa shape index (κ1) is 15.0. The zero-order valence-corrected chi connectivity index (χ0v) is 13.7. The summed E-state index contributed by atoms with van der Waals surface area (Å²) in [6, 6.07) is 2.35. The molecule has 1 atom stereocenters. The summed E-state index contributed by atoms with van der Waals surface area (Å²) in [7, 11) is 1.95. The summed E-state index contributed by atoms with van der Waals surface area (Å²) in [6.07, 6.45) is 2.14. The summed E-state index contributed by atoms with van der Waals surface area (Å²) in [4.78, 5) is 19.5. The number of hydrogen-bond donors (Lipinski definition) is 1. The molecule has 0 aliphatic carbocycles. The Morgan fingerprint density at radius 2 is 2.14 bits per heavy atom. The van der Waals surface area contributed by atoms with Gasteiger partial charge in [-0.2, -0.15) is 5.10 Å². The molecule has 1 aliphatic rings. The first-order valence-electron chi connectivity index (χ1n) is 7.81. The van der Waals surface area contributed by atoms with Gasteiger partial charge in [-0.3, -0.25) is 4.79 Å². The van der Waals surface area contributed by atoms with E-state index in [2.05, 4.69) is 15.4 Å². The van der Waals surface area contributed by atoms with Crippen molar-refractivity contribution < 1.29 is 4.79 Å². The zero-order valence-electron chi connectivity index (χ0n) is 13.7. The van der Waals surface area contributed by atoms with Gasteiger partial charge in [0.05, 0.1) is 5.69 Å². The van der Waals surface area contributed by atoms with Crippen molar-refractivity contribution in [2.24, 2.45) is 0 Å². The zero-order chi connectivity index (χ0) is 15.9. The predicted molar refractivity (Wildman–Crippen MR) is 85.2 cm³/mol. The van der Waals surface area contributed by atoms with Crippen LogP contribution in [0.2, 0.25) is 0 Å². The molecule has 22 heavy (non-hydrogen) atoms. The molecule has 0 spiro atoms. The molecule has 0 radical (unpaired) electrons. The fraction of sp³-hybridized carbons (Fsp3) is 0.562. The summed E-state index contributed by atoms with van der Waals surface area (Å²) in [5.74, 6) is 0.0463. The lowest BCUT2D eigenvalue weighted by atomic mass is 10.0. The Hall–Kier alpha value is -1.95. The monoisotopic (exact) mass is 301 g/mol. The molecule has 1 N–H and O–H groups in total. The third-order valence-corrected chi connectivity index (χ3v) is 4.40. The van der Waals surface area contributed by atoms with Crippen LogP contribution in [0.25, 0.3) is 5.65 Å². The minimum Gasteiger partial charge on any atom is -0.337 e. The Labute approximate surface area is 130 Å². The van der Waals surface area contributed by atoms with Crippen molar-refractivity contribution in [2.75, 3.05) is 20.1 Å². The largest absolute Gasteiger partial charge is 0.337 e. The minimum absolute atomic E-state index is 0.0463. The highest BCUT2D eigenvalue weighted by Crippen LogP contribution is 2.20. The second kappa shape index (κ2) is 5.68. The van der Waals surface area contributed by atoms with Crippen molar-refractivity contribution in [3.63, 3.8) is 0 Å². The quantitative estimate of drug-likeness (QED) is 0.912. The fourth-order valence-corrected chi connectivity index (χ4v) is 3.23. The molecule has 118 valence electrons. The molecule has 3 heterocycles. The van der Waals surface area contributed by atoms with E-state index in [1.54, 1.807) is 4.52 Å². The topological polar surface area (TPSA) is 62.5 Å². The highest BCUT2D eigenvalue weighted by atomic mass is 16.2. The van der Waals surface area contributed by atoms with Crippen LogP contribution in [0.4, 0.5) is 0 Å². The number of likely N-dealkylation sites (N-methyl/N-ethyl adjacent to an activating group) is 1. The average molecular weight is 301 g/mol. The molecule has 6 nitrogen and oxygen atoms in total. The van der Waals surface area contributed by atoms with E-state index in [-0.39, 0.29) is 5.91 Å². The Kier molecular flexibility index (Phi) is 3.87. The van der Waals surface area contributed by atoms with Crippen LogP contribution in [-0.2, 0) is 0 Å². The van der Waals surface area contributed by atoms with E-state index in [0.29, 0.717) is 17.3 Å². The smallest absolute Gasteiger partial charge is 0.259 e. The minimum atomic E-state index is 0.0463. The van der Waals surface area contributed by atoms with Crippen molar-refractivity contribution in [1.29, 1.82) is 0 Å². The van der Waals surface area contributed by atoms with Crippen LogP contribution in [0.5, 0.6) is 0 Å². The first-order chi connectivity index (χ1) is 10.5. The number of rotatable bonds is 2. The molecule has 1 saturated heterocycles. The molecule has 6 heteroatoms. The maximum absolute atomic E-state index is 13.0. The SMILES string of the molecule is CNC1CCCN(C(=O)c2c(C)nn3c(C)cc(C)nc23)C1. The van der Waals surface area contributed by atoms with Crippen molar-refractivity contribution in [2.45, 2.75) is 39.7 Å². The van der Waals surface area contributed by atoms with Gasteiger partial charge in [-0.1, -0.05) is 0 Å². The van der Waals surface area contributed by atoms with Gasteiger partial charge in [0.15, 0.2) is 5.65 Å². The maximum Gasteiger partial charge on any atom is 0.259 e. The maximum atomic E-state index is 13.0. The van der Waals surface area contributed by atoms with Gasteiger partial charge < -0.3 is 10.2 Å². The van der Waals surface area contributed by atoms with Crippen LogP contribution in [0, 0.1) is 20.8 Å². The van der Waals surface area contributed by atoms with Crippen LogP contribution in [0.15, 0.2) is 6.07 Å². The van der Waals surface area contributed by atoms with Gasteiger partial charge >= 0.3 is 0 Å². The molecule has 1 fully saturated rings. The summed E-state index contributed by atoms with van der Waals surface area (Å²) in [5.41, 5.74) is 3.97. The van der Waals surface area contributed by atoms with Crippen LogP contribution >= 0.6 is 0 Å². The number of aryl methyl sites for hydroxylation is 3. The molecule has 1 amide bonds. The van der Waals surface area contributed by atoms with E-state index in [4.69, 9.17) is 0 Å². The van der Waals surface area contributed by atoms with E-state index in [0.717, 1.165) is 43.0 Å². The van der Waals surface area contributed by atoms with Crippen LogP contribution in [0.1, 0.15) is 40.3 Å². The molecule has 0 bridgehead atoms. The molecule has 0 saturated carbocycles. The Balaban J connectivity index is 2.02. The van der Waals surface area contributed by atoms with Gasteiger partial charge in [0, 0.05) is 30.5 Å². The summed E-state index contributed by atoms with van der Waals surface area (Å²) in [6.45, 7) is 7.37. The van der Waals surface area contributed by atoms with E-state index < -0.39 is 0 Å². The summed E-state index contributed by atoms with van der Waals surface area (Å²) < 4.78 is 1.77. The number of piperidine rings is 1. The predicted octanol–water partition coefficient (Wildman–Crippen LogP) is 1.48. The number of carbonyl (C=O) groups excluding carboxylic acids is 1. The van der Waals surface area contributed by atoms with E-state index in [9.17, 15) is 4.79 Å². The normalized spacial score (nSPS) is 18.9. The Morgan fingerprint density at radius 1 is 1.36 bits per heavy atom. The molecule has 0 aromatic carbocycles. The van der Waals surface area contributed by atoms with Gasteiger partial charge in [-0.25, -0.2) is 9.50 Å². The van der Waals surface area contributed by atoms with Crippen LogP contribution < -0.4 is 5.32 Å². The van der Waals surface area contributed by atoms with Crippen molar-refractivity contribution in [1.82, 2.24) is 24.8 Å². The van der Waals surface area contributed by atoms with Gasteiger partial charge in [-0.05, 0) is 46.7 Å². The van der Waals surface area contributed by atoms with Crippen molar-refractivity contribution in [3.05, 3.63) is 28.7 Å². The van der Waals surface area contributed by atoms with E-state index >= 15 is 0 Å². The number of fused-ring (bicyclic) bond motifs is 1. The fourth-order valence-electron chi connectivity index (χ4n) is 3.23.